The number of ether oxygens (including phenoxy) is 6. The maximum Gasteiger partial charge on any atom is 0.220 e. The third-order valence-corrected chi connectivity index (χ3v) is 10.3. The molecule has 12 N–H and O–H groups in total. The first-order chi connectivity index (χ1) is 26.8. The van der Waals surface area contributed by atoms with E-state index in [1.165, 1.54) is 31.8 Å². The van der Waals surface area contributed by atoms with E-state index < -0.39 is 124 Å². The van der Waals surface area contributed by atoms with Gasteiger partial charge in [-0.2, -0.15) is 0 Å². The Bertz CT molecular complexity index is 1120. The van der Waals surface area contributed by atoms with Crippen LogP contribution in [0.4, 0.5) is 0 Å². The lowest BCUT2D eigenvalue weighted by Gasteiger charge is -2.48. The standard InChI is InChI=1S/C37H67NO18/c1-3-5-7-8-9-10-11-13-15-25(43)38-20(21(42)14-12-6-4-2)19-51-35-31(49)28(46)33(23(17-40)53-35)56-37-32(50)29(47)34(24(18-41)54-37)55-36-30(48)27(45)26(44)22(16-39)52-36/h12,14,20-24,26-37,39-42,44-50H,3-11,13,15-19H2,1-2H3,(H,38,43)/b14-12+. The molecule has 56 heavy (non-hydrogen) atoms. The van der Waals surface area contributed by atoms with E-state index in [0.717, 1.165) is 25.7 Å². The van der Waals surface area contributed by atoms with Crippen molar-refractivity contribution >= 4 is 5.91 Å². The van der Waals surface area contributed by atoms with Gasteiger partial charge in [-0.3, -0.25) is 4.79 Å². The third kappa shape index (κ3) is 13.8. The van der Waals surface area contributed by atoms with Gasteiger partial charge in [-0.1, -0.05) is 77.4 Å². The monoisotopic (exact) mass is 813 g/mol. The molecule has 17 atom stereocenters. The molecule has 0 aromatic heterocycles. The van der Waals surface area contributed by atoms with Gasteiger partial charge in [0.25, 0.3) is 0 Å². The maximum absolute atomic E-state index is 12.8. The van der Waals surface area contributed by atoms with Crippen molar-refractivity contribution in [2.75, 3.05) is 26.4 Å². The number of hydrogen-bond donors (Lipinski definition) is 12. The quantitative estimate of drug-likeness (QED) is 0.0346. The minimum Gasteiger partial charge on any atom is -0.394 e. The van der Waals surface area contributed by atoms with Gasteiger partial charge in [0.1, 0.15) is 73.2 Å². The zero-order valence-corrected chi connectivity index (χ0v) is 32.4. The van der Waals surface area contributed by atoms with Crippen molar-refractivity contribution in [3.8, 4) is 0 Å². The fraction of sp³-hybridized carbons (Fsp3) is 0.919. The predicted molar refractivity (Wildman–Crippen MR) is 194 cm³/mol. The summed E-state index contributed by atoms with van der Waals surface area (Å²) in [6, 6.07) is -0.958. The van der Waals surface area contributed by atoms with Crippen LogP contribution in [0.5, 0.6) is 0 Å². The Hall–Kier alpha value is -1.47. The Kier molecular flexibility index (Phi) is 22.0. The molecule has 0 aliphatic carbocycles. The summed E-state index contributed by atoms with van der Waals surface area (Å²) in [5.41, 5.74) is 0. The fourth-order valence-corrected chi connectivity index (χ4v) is 6.84. The van der Waals surface area contributed by atoms with Gasteiger partial charge in [-0.05, 0) is 12.8 Å². The summed E-state index contributed by atoms with van der Waals surface area (Å²) < 4.78 is 33.7. The number of allylic oxidation sites excluding steroid dienone is 1. The highest BCUT2D eigenvalue weighted by Crippen LogP contribution is 2.32. The van der Waals surface area contributed by atoms with Gasteiger partial charge < -0.3 is 89.9 Å². The van der Waals surface area contributed by atoms with Gasteiger partial charge in [-0.15, -0.1) is 0 Å². The summed E-state index contributed by atoms with van der Waals surface area (Å²) in [5, 5.41) is 118. The third-order valence-electron chi connectivity index (χ3n) is 10.3. The molecule has 0 spiro atoms. The average Bonchev–Trinajstić information content (AvgIpc) is 3.19. The molecular weight excluding hydrogens is 746 g/mol. The van der Waals surface area contributed by atoms with Gasteiger partial charge in [0.2, 0.25) is 5.91 Å². The summed E-state index contributed by atoms with van der Waals surface area (Å²) in [7, 11) is 0. The highest BCUT2D eigenvalue weighted by Gasteiger charge is 2.53. The molecule has 3 aliphatic heterocycles. The summed E-state index contributed by atoms with van der Waals surface area (Å²) in [6.45, 7) is 1.36. The first-order valence-corrected chi connectivity index (χ1v) is 19.9. The van der Waals surface area contributed by atoms with Crippen molar-refractivity contribution in [3.05, 3.63) is 12.2 Å². The lowest BCUT2D eigenvalue weighted by atomic mass is 9.96. The Morgan fingerprint density at radius 3 is 1.64 bits per heavy atom. The number of amides is 1. The lowest BCUT2D eigenvalue weighted by molar-refractivity contribution is -0.379. The summed E-state index contributed by atoms with van der Waals surface area (Å²) in [4.78, 5) is 12.8. The number of carbonyl (C=O) groups is 1. The van der Waals surface area contributed by atoms with E-state index in [-0.39, 0.29) is 18.9 Å². The van der Waals surface area contributed by atoms with Crippen LogP contribution in [0.15, 0.2) is 12.2 Å². The first kappa shape index (κ1) is 48.9. The van der Waals surface area contributed by atoms with E-state index in [1.807, 2.05) is 6.92 Å². The van der Waals surface area contributed by atoms with Crippen LogP contribution in [0.25, 0.3) is 0 Å². The maximum atomic E-state index is 12.8. The Morgan fingerprint density at radius 1 is 0.625 bits per heavy atom. The molecule has 3 rings (SSSR count). The minimum atomic E-state index is -1.97. The van der Waals surface area contributed by atoms with E-state index >= 15 is 0 Å². The molecule has 1 amide bonds. The van der Waals surface area contributed by atoms with Crippen LogP contribution in [0.2, 0.25) is 0 Å². The number of hydrogen-bond acceptors (Lipinski definition) is 18. The Morgan fingerprint density at radius 2 is 1.11 bits per heavy atom. The second-order valence-electron chi connectivity index (χ2n) is 14.8. The first-order valence-electron chi connectivity index (χ1n) is 19.9. The van der Waals surface area contributed by atoms with Gasteiger partial charge >= 0.3 is 0 Å². The van der Waals surface area contributed by atoms with Gasteiger partial charge in [0, 0.05) is 6.42 Å². The zero-order chi connectivity index (χ0) is 41.4. The van der Waals surface area contributed by atoms with Crippen molar-refractivity contribution in [1.82, 2.24) is 5.32 Å². The summed E-state index contributed by atoms with van der Waals surface area (Å²) >= 11 is 0. The van der Waals surface area contributed by atoms with Crippen molar-refractivity contribution in [2.45, 2.75) is 189 Å². The molecule has 328 valence electrons. The zero-order valence-electron chi connectivity index (χ0n) is 32.4. The summed E-state index contributed by atoms with van der Waals surface area (Å²) in [5.74, 6) is -0.297. The number of aliphatic hydroxyl groups is 11. The summed E-state index contributed by atoms with van der Waals surface area (Å²) in [6.07, 6.45) is -13.2. The molecule has 17 unspecified atom stereocenters. The minimum absolute atomic E-state index is 0.241. The van der Waals surface area contributed by atoms with E-state index in [9.17, 15) is 61.0 Å². The van der Waals surface area contributed by atoms with E-state index in [2.05, 4.69) is 12.2 Å². The van der Waals surface area contributed by atoms with Crippen LogP contribution in [-0.2, 0) is 33.2 Å². The SMILES string of the molecule is CCC/C=C/C(O)C(COC1OC(CO)C(OC2OC(CO)C(OC3OC(CO)C(O)C(O)C3O)C(O)C2O)C(O)C1O)NC(=O)CCCCCCCCCC. The van der Waals surface area contributed by atoms with Crippen LogP contribution in [-0.4, -0.2) is 193 Å². The highest BCUT2D eigenvalue weighted by molar-refractivity contribution is 5.76. The molecule has 0 saturated carbocycles. The van der Waals surface area contributed by atoms with Gasteiger partial charge in [0.05, 0.1) is 38.6 Å². The topological polar surface area (TPSA) is 307 Å². The van der Waals surface area contributed by atoms with Crippen LogP contribution < -0.4 is 5.32 Å². The molecule has 3 fully saturated rings. The molecule has 3 saturated heterocycles. The number of carbonyl (C=O) groups excluding carboxylic acids is 1. The van der Waals surface area contributed by atoms with Crippen molar-refractivity contribution in [1.29, 1.82) is 0 Å². The lowest BCUT2D eigenvalue weighted by Crippen LogP contribution is -2.66. The molecule has 3 aliphatic rings. The molecule has 0 bridgehead atoms. The normalized spacial score (nSPS) is 37.8. The number of nitrogens with one attached hydrogen (secondary N) is 1. The number of aliphatic hydroxyl groups excluding tert-OH is 11. The van der Waals surface area contributed by atoms with E-state index in [1.54, 1.807) is 6.08 Å². The number of unbranched alkanes of at least 4 members (excludes halogenated alkanes) is 8. The largest absolute Gasteiger partial charge is 0.394 e. The molecule has 3 heterocycles. The predicted octanol–water partition coefficient (Wildman–Crippen LogP) is -2.82. The van der Waals surface area contributed by atoms with Gasteiger partial charge in [-0.25, -0.2) is 0 Å². The molecule has 0 aromatic rings. The molecule has 19 heteroatoms. The average molecular weight is 814 g/mol. The second kappa shape index (κ2) is 25.2. The smallest absolute Gasteiger partial charge is 0.220 e. The van der Waals surface area contributed by atoms with Crippen molar-refractivity contribution in [2.24, 2.45) is 0 Å². The molecule has 19 nitrogen and oxygen atoms in total. The van der Waals surface area contributed by atoms with Crippen LogP contribution >= 0.6 is 0 Å². The van der Waals surface area contributed by atoms with Crippen LogP contribution in [0, 0.1) is 0 Å². The second-order valence-corrected chi connectivity index (χ2v) is 14.8. The van der Waals surface area contributed by atoms with Crippen molar-refractivity contribution in [3.63, 3.8) is 0 Å². The van der Waals surface area contributed by atoms with Crippen molar-refractivity contribution < 1.29 is 89.4 Å². The van der Waals surface area contributed by atoms with Crippen LogP contribution in [0.3, 0.4) is 0 Å². The Balaban J connectivity index is 1.61. The number of rotatable bonds is 24. The molecule has 0 radical (unpaired) electrons. The van der Waals surface area contributed by atoms with Crippen LogP contribution in [0.1, 0.15) is 84.5 Å². The van der Waals surface area contributed by atoms with Gasteiger partial charge in [0.15, 0.2) is 18.9 Å². The highest BCUT2D eigenvalue weighted by atomic mass is 16.8. The fourth-order valence-electron chi connectivity index (χ4n) is 6.84. The van der Waals surface area contributed by atoms with E-state index in [4.69, 9.17) is 28.4 Å². The molecular formula is C37H67NO18. The molecule has 0 aromatic carbocycles. The Labute approximate surface area is 327 Å². The van der Waals surface area contributed by atoms with E-state index in [0.29, 0.717) is 12.8 Å².